The molecule has 0 aliphatic rings. The smallest absolute Gasteiger partial charge is 0.254 e. The van der Waals surface area contributed by atoms with E-state index in [2.05, 4.69) is 27.8 Å². The molecule has 2 aromatic rings. The van der Waals surface area contributed by atoms with Gasteiger partial charge in [0, 0.05) is 19.0 Å². The zero-order valence-corrected chi connectivity index (χ0v) is 13.9. The lowest BCUT2D eigenvalue weighted by Gasteiger charge is -2.15. The summed E-state index contributed by atoms with van der Waals surface area (Å²) in [5, 5.41) is 12.5. The first-order chi connectivity index (χ1) is 9.60. The average Bonchev–Trinajstić information content (AvgIpc) is 3.04. The number of amides is 1. The Kier molecular flexibility index (Phi) is 5.38. The SMILES string of the molecule is CN(Cc1csc(C#CCO)c1)C(=O)c1csc(Br)c1. The molecule has 0 saturated carbocycles. The second kappa shape index (κ2) is 7.04. The molecule has 104 valence electrons. The van der Waals surface area contributed by atoms with Crippen molar-refractivity contribution in [3.63, 3.8) is 0 Å². The van der Waals surface area contributed by atoms with Gasteiger partial charge in [-0.25, -0.2) is 0 Å². The van der Waals surface area contributed by atoms with Crippen LogP contribution in [0.2, 0.25) is 0 Å². The monoisotopic (exact) mass is 369 g/mol. The fourth-order valence-electron chi connectivity index (χ4n) is 1.64. The Balaban J connectivity index is 2.02. The largest absolute Gasteiger partial charge is 0.384 e. The maximum atomic E-state index is 12.2. The predicted octanol–water partition coefficient (Wildman–Crippen LogP) is 3.19. The summed E-state index contributed by atoms with van der Waals surface area (Å²) in [5.41, 5.74) is 1.74. The molecule has 2 heterocycles. The molecule has 20 heavy (non-hydrogen) atoms. The molecule has 3 nitrogen and oxygen atoms in total. The third-order valence-corrected chi connectivity index (χ3v) is 4.92. The molecule has 0 spiro atoms. The molecular formula is C14H12BrNO2S2. The summed E-state index contributed by atoms with van der Waals surface area (Å²) >= 11 is 6.37. The van der Waals surface area contributed by atoms with Gasteiger partial charge in [0.05, 0.1) is 14.2 Å². The van der Waals surface area contributed by atoms with Crippen molar-refractivity contribution in [2.24, 2.45) is 0 Å². The zero-order valence-electron chi connectivity index (χ0n) is 10.7. The highest BCUT2D eigenvalue weighted by Crippen LogP contribution is 2.22. The topological polar surface area (TPSA) is 40.5 Å². The number of halogens is 1. The van der Waals surface area contributed by atoms with Crippen LogP contribution in [0.3, 0.4) is 0 Å². The van der Waals surface area contributed by atoms with Crippen molar-refractivity contribution in [2.45, 2.75) is 6.54 Å². The Hall–Kier alpha value is -1.13. The van der Waals surface area contributed by atoms with Crippen LogP contribution in [-0.2, 0) is 6.54 Å². The van der Waals surface area contributed by atoms with Crippen LogP contribution >= 0.6 is 38.6 Å². The highest BCUT2D eigenvalue weighted by Gasteiger charge is 2.14. The minimum Gasteiger partial charge on any atom is -0.384 e. The number of rotatable bonds is 3. The van der Waals surface area contributed by atoms with E-state index in [9.17, 15) is 4.79 Å². The molecule has 0 aliphatic carbocycles. The molecule has 1 amide bonds. The summed E-state index contributed by atoms with van der Waals surface area (Å²) in [4.78, 5) is 14.8. The van der Waals surface area contributed by atoms with Crippen LogP contribution < -0.4 is 0 Å². The molecule has 0 unspecified atom stereocenters. The van der Waals surface area contributed by atoms with Crippen molar-refractivity contribution in [2.75, 3.05) is 13.7 Å². The fraction of sp³-hybridized carbons (Fsp3) is 0.214. The summed E-state index contributed by atoms with van der Waals surface area (Å²) in [6.07, 6.45) is 0. The van der Waals surface area contributed by atoms with E-state index in [4.69, 9.17) is 5.11 Å². The van der Waals surface area contributed by atoms with E-state index in [1.807, 2.05) is 22.9 Å². The van der Waals surface area contributed by atoms with Crippen LogP contribution in [0.5, 0.6) is 0 Å². The first kappa shape index (κ1) is 15.3. The van der Waals surface area contributed by atoms with Gasteiger partial charge < -0.3 is 10.0 Å². The second-order valence-corrected chi connectivity index (χ2v) is 7.28. The van der Waals surface area contributed by atoms with Crippen molar-refractivity contribution in [1.29, 1.82) is 0 Å². The van der Waals surface area contributed by atoms with Crippen molar-refractivity contribution in [1.82, 2.24) is 4.90 Å². The minimum absolute atomic E-state index is 0.00106. The van der Waals surface area contributed by atoms with Gasteiger partial charge in [0.2, 0.25) is 0 Å². The molecule has 0 saturated heterocycles. The maximum Gasteiger partial charge on any atom is 0.254 e. The second-order valence-electron chi connectivity index (χ2n) is 4.08. The number of thiophene rings is 2. The Morgan fingerprint density at radius 1 is 1.40 bits per heavy atom. The number of hydrogen-bond donors (Lipinski definition) is 1. The van der Waals surface area contributed by atoms with Gasteiger partial charge in [-0.05, 0) is 39.0 Å². The Bertz CT molecular complexity index is 666. The molecule has 1 N–H and O–H groups in total. The summed E-state index contributed by atoms with van der Waals surface area (Å²) in [6.45, 7) is 0.405. The normalized spacial score (nSPS) is 9.95. The Labute approximate surface area is 134 Å². The number of carbonyl (C=O) groups excluding carboxylic acids is 1. The molecule has 2 aromatic heterocycles. The van der Waals surface area contributed by atoms with E-state index in [0.717, 1.165) is 14.2 Å². The molecule has 0 atom stereocenters. The maximum absolute atomic E-state index is 12.2. The molecule has 0 aromatic carbocycles. The predicted molar refractivity (Wildman–Crippen MR) is 86.1 cm³/mol. The van der Waals surface area contributed by atoms with E-state index in [0.29, 0.717) is 12.1 Å². The Morgan fingerprint density at radius 3 is 2.85 bits per heavy atom. The third-order valence-electron chi connectivity index (χ3n) is 2.53. The van der Waals surface area contributed by atoms with Gasteiger partial charge in [-0.15, -0.1) is 22.7 Å². The van der Waals surface area contributed by atoms with Gasteiger partial charge in [0.25, 0.3) is 5.91 Å². The number of aliphatic hydroxyl groups is 1. The molecule has 0 fully saturated rings. The van der Waals surface area contributed by atoms with Crippen LogP contribution in [0.1, 0.15) is 20.8 Å². The molecule has 0 aliphatic heterocycles. The van der Waals surface area contributed by atoms with Gasteiger partial charge in [-0.2, -0.15) is 0 Å². The van der Waals surface area contributed by atoms with Crippen LogP contribution in [0, 0.1) is 11.8 Å². The molecule has 0 bridgehead atoms. The average molecular weight is 370 g/mol. The third kappa shape index (κ3) is 3.93. The lowest BCUT2D eigenvalue weighted by Crippen LogP contribution is -2.25. The van der Waals surface area contributed by atoms with Gasteiger partial charge in [-0.1, -0.05) is 11.8 Å². The lowest BCUT2D eigenvalue weighted by molar-refractivity contribution is 0.0786. The molecule has 6 heteroatoms. The van der Waals surface area contributed by atoms with E-state index in [-0.39, 0.29) is 12.5 Å². The van der Waals surface area contributed by atoms with Gasteiger partial charge in [-0.3, -0.25) is 4.79 Å². The number of nitrogens with zero attached hydrogens (tertiary/aromatic N) is 1. The highest BCUT2D eigenvalue weighted by molar-refractivity contribution is 9.11. The fourth-order valence-corrected chi connectivity index (χ4v) is 3.54. The lowest BCUT2D eigenvalue weighted by atomic mass is 10.2. The van der Waals surface area contributed by atoms with Crippen molar-refractivity contribution in [3.05, 3.63) is 42.7 Å². The van der Waals surface area contributed by atoms with E-state index >= 15 is 0 Å². The Morgan fingerprint density at radius 2 is 2.20 bits per heavy atom. The van der Waals surface area contributed by atoms with Crippen LogP contribution in [0.4, 0.5) is 0 Å². The standard InChI is InChI=1S/C14H12BrNO2S2/c1-16(14(18)11-6-13(15)20-9-11)7-10-5-12(19-8-10)3-2-4-17/h5-6,8-9,17H,4,7H2,1H3. The zero-order chi connectivity index (χ0) is 14.5. The number of carbonyl (C=O) groups is 1. The number of hydrogen-bond acceptors (Lipinski definition) is 4. The van der Waals surface area contributed by atoms with Crippen LogP contribution in [-0.4, -0.2) is 29.6 Å². The molecule has 2 rings (SSSR count). The van der Waals surface area contributed by atoms with Gasteiger partial charge in [0.1, 0.15) is 6.61 Å². The first-order valence-corrected chi connectivity index (χ1v) is 8.32. The number of aliphatic hydroxyl groups excluding tert-OH is 1. The summed E-state index contributed by atoms with van der Waals surface area (Å²) < 4.78 is 0.950. The molecular weight excluding hydrogens is 358 g/mol. The van der Waals surface area contributed by atoms with Crippen molar-refractivity contribution >= 4 is 44.5 Å². The quantitative estimate of drug-likeness (QED) is 0.844. The summed E-state index contributed by atoms with van der Waals surface area (Å²) in [7, 11) is 1.78. The highest BCUT2D eigenvalue weighted by atomic mass is 79.9. The van der Waals surface area contributed by atoms with E-state index in [1.165, 1.54) is 22.7 Å². The van der Waals surface area contributed by atoms with E-state index < -0.39 is 0 Å². The van der Waals surface area contributed by atoms with Gasteiger partial charge in [0.15, 0.2) is 0 Å². The molecule has 0 radical (unpaired) electrons. The van der Waals surface area contributed by atoms with Crippen molar-refractivity contribution < 1.29 is 9.90 Å². The summed E-state index contributed by atoms with van der Waals surface area (Å²) in [6, 6.07) is 3.77. The van der Waals surface area contributed by atoms with Crippen molar-refractivity contribution in [3.8, 4) is 11.8 Å². The van der Waals surface area contributed by atoms with E-state index in [1.54, 1.807) is 11.9 Å². The summed E-state index contributed by atoms with van der Waals surface area (Å²) in [5.74, 6) is 5.48. The first-order valence-electron chi connectivity index (χ1n) is 5.77. The van der Waals surface area contributed by atoms with Gasteiger partial charge >= 0.3 is 0 Å². The van der Waals surface area contributed by atoms with Crippen LogP contribution in [0.25, 0.3) is 0 Å². The van der Waals surface area contributed by atoms with Crippen LogP contribution in [0.15, 0.2) is 26.7 Å². The minimum atomic E-state index is -0.140.